The molecule has 0 saturated heterocycles. The van der Waals surface area contributed by atoms with Gasteiger partial charge in [0.1, 0.15) is 5.60 Å². The lowest BCUT2D eigenvalue weighted by molar-refractivity contribution is -0.148. The highest BCUT2D eigenvalue weighted by Gasteiger charge is 2.35. The van der Waals surface area contributed by atoms with Crippen LogP contribution in [-0.2, 0) is 14.3 Å². The lowest BCUT2D eigenvalue weighted by Crippen LogP contribution is -2.51. The molecule has 0 aliphatic heterocycles. The predicted molar refractivity (Wildman–Crippen MR) is 67.0 cm³/mol. The fourth-order valence-electron chi connectivity index (χ4n) is 2.15. The van der Waals surface area contributed by atoms with Crippen LogP contribution in [-0.4, -0.2) is 23.9 Å². The minimum absolute atomic E-state index is 0.405. The SMILES string of the molecule is CC(C)(C)OC(=O)NC1(OC=O)CCCCCC1. The van der Waals surface area contributed by atoms with E-state index in [4.69, 9.17) is 9.47 Å². The molecule has 1 fully saturated rings. The molecule has 18 heavy (non-hydrogen) atoms. The van der Waals surface area contributed by atoms with Crippen molar-refractivity contribution in [2.75, 3.05) is 0 Å². The van der Waals surface area contributed by atoms with Crippen LogP contribution in [0.1, 0.15) is 59.3 Å². The maximum atomic E-state index is 11.8. The van der Waals surface area contributed by atoms with E-state index in [1.807, 2.05) is 0 Å². The van der Waals surface area contributed by atoms with Gasteiger partial charge in [-0.2, -0.15) is 0 Å². The molecule has 1 aliphatic rings. The molecule has 0 bridgehead atoms. The Morgan fingerprint density at radius 1 is 1.17 bits per heavy atom. The highest BCUT2D eigenvalue weighted by molar-refractivity contribution is 5.68. The standard InChI is InChI=1S/C13H23NO4/c1-12(2,3)18-11(16)14-13(17-10-15)8-6-4-5-7-9-13/h10H,4-9H2,1-3H3,(H,14,16). The van der Waals surface area contributed by atoms with E-state index in [0.717, 1.165) is 25.7 Å². The first-order valence-corrected chi connectivity index (χ1v) is 6.50. The van der Waals surface area contributed by atoms with Gasteiger partial charge in [-0.3, -0.25) is 10.1 Å². The van der Waals surface area contributed by atoms with Crippen molar-refractivity contribution in [3.05, 3.63) is 0 Å². The number of hydrogen-bond acceptors (Lipinski definition) is 4. The van der Waals surface area contributed by atoms with E-state index in [-0.39, 0.29) is 0 Å². The Hall–Kier alpha value is -1.26. The van der Waals surface area contributed by atoms with Gasteiger partial charge in [-0.25, -0.2) is 4.79 Å². The zero-order chi connectivity index (χ0) is 13.6. The van der Waals surface area contributed by atoms with E-state index in [1.54, 1.807) is 20.8 Å². The molecular weight excluding hydrogens is 234 g/mol. The molecule has 1 N–H and O–H groups in total. The number of carbonyl (C=O) groups is 2. The van der Waals surface area contributed by atoms with Crippen LogP contribution < -0.4 is 5.32 Å². The van der Waals surface area contributed by atoms with Gasteiger partial charge in [0, 0.05) is 12.8 Å². The van der Waals surface area contributed by atoms with Gasteiger partial charge in [-0.15, -0.1) is 0 Å². The van der Waals surface area contributed by atoms with Gasteiger partial charge in [-0.1, -0.05) is 12.8 Å². The number of amides is 1. The highest BCUT2D eigenvalue weighted by atomic mass is 16.6. The van der Waals surface area contributed by atoms with Gasteiger partial charge < -0.3 is 9.47 Å². The molecule has 104 valence electrons. The first-order chi connectivity index (χ1) is 8.37. The van der Waals surface area contributed by atoms with Crippen LogP contribution in [0.4, 0.5) is 4.79 Å². The Bertz CT molecular complexity index is 288. The van der Waals surface area contributed by atoms with Crippen molar-refractivity contribution in [2.24, 2.45) is 0 Å². The molecule has 0 radical (unpaired) electrons. The molecule has 0 spiro atoms. The average Bonchev–Trinajstić information content (AvgIpc) is 2.41. The van der Waals surface area contributed by atoms with E-state index in [1.165, 1.54) is 0 Å². The van der Waals surface area contributed by atoms with E-state index in [9.17, 15) is 9.59 Å². The molecule has 1 saturated carbocycles. The summed E-state index contributed by atoms with van der Waals surface area (Å²) in [5.41, 5.74) is -1.45. The lowest BCUT2D eigenvalue weighted by atomic mass is 10.0. The van der Waals surface area contributed by atoms with Crippen molar-refractivity contribution in [3.8, 4) is 0 Å². The van der Waals surface area contributed by atoms with Crippen LogP contribution in [0.3, 0.4) is 0 Å². The molecular formula is C13H23NO4. The Morgan fingerprint density at radius 3 is 2.17 bits per heavy atom. The molecule has 5 nitrogen and oxygen atoms in total. The first kappa shape index (κ1) is 14.8. The van der Waals surface area contributed by atoms with Crippen molar-refractivity contribution in [3.63, 3.8) is 0 Å². The van der Waals surface area contributed by atoms with Crippen molar-refractivity contribution in [2.45, 2.75) is 70.6 Å². The summed E-state index contributed by atoms with van der Waals surface area (Å²) in [4.78, 5) is 22.4. The van der Waals surface area contributed by atoms with Crippen LogP contribution >= 0.6 is 0 Å². The zero-order valence-electron chi connectivity index (χ0n) is 11.5. The summed E-state index contributed by atoms with van der Waals surface area (Å²) >= 11 is 0. The first-order valence-electron chi connectivity index (χ1n) is 6.50. The monoisotopic (exact) mass is 257 g/mol. The molecule has 0 aromatic carbocycles. The summed E-state index contributed by atoms with van der Waals surface area (Å²) in [6.45, 7) is 5.80. The van der Waals surface area contributed by atoms with E-state index >= 15 is 0 Å². The molecule has 5 heteroatoms. The fourth-order valence-corrected chi connectivity index (χ4v) is 2.15. The number of hydrogen-bond donors (Lipinski definition) is 1. The van der Waals surface area contributed by atoms with Gasteiger partial charge in [0.05, 0.1) is 0 Å². The Labute approximate surface area is 108 Å². The third-order valence-corrected chi connectivity index (χ3v) is 2.91. The van der Waals surface area contributed by atoms with Crippen LogP contribution in [0.2, 0.25) is 0 Å². The van der Waals surface area contributed by atoms with Crippen molar-refractivity contribution in [1.82, 2.24) is 5.32 Å². The van der Waals surface area contributed by atoms with Crippen molar-refractivity contribution >= 4 is 12.6 Å². The molecule has 0 aromatic rings. The summed E-state index contributed by atoms with van der Waals surface area (Å²) in [7, 11) is 0. The van der Waals surface area contributed by atoms with E-state index < -0.39 is 17.4 Å². The predicted octanol–water partition coefficient (Wildman–Crippen LogP) is 2.73. The molecule has 1 aliphatic carbocycles. The smallest absolute Gasteiger partial charge is 0.410 e. The van der Waals surface area contributed by atoms with Gasteiger partial charge in [0.25, 0.3) is 6.47 Å². The summed E-state index contributed by atoms with van der Waals surface area (Å²) in [6.07, 6.45) is 4.81. The summed E-state index contributed by atoms with van der Waals surface area (Å²) < 4.78 is 10.3. The number of carbonyl (C=O) groups excluding carboxylic acids is 2. The highest BCUT2D eigenvalue weighted by Crippen LogP contribution is 2.28. The third kappa shape index (κ3) is 4.94. The van der Waals surface area contributed by atoms with Gasteiger partial charge in [-0.05, 0) is 33.6 Å². The Kier molecular flexibility index (Phi) is 4.99. The third-order valence-electron chi connectivity index (χ3n) is 2.91. The molecule has 0 atom stereocenters. The van der Waals surface area contributed by atoms with E-state index in [0.29, 0.717) is 19.3 Å². The summed E-state index contributed by atoms with van der Waals surface area (Å²) in [6, 6.07) is 0. The minimum atomic E-state index is -0.888. The normalized spacial score (nSPS) is 19.5. The second-order valence-electron chi connectivity index (χ2n) is 5.75. The summed E-state index contributed by atoms with van der Waals surface area (Å²) in [5.74, 6) is 0. The summed E-state index contributed by atoms with van der Waals surface area (Å²) in [5, 5.41) is 2.72. The largest absolute Gasteiger partial charge is 0.444 e. The van der Waals surface area contributed by atoms with Crippen LogP contribution in [0.15, 0.2) is 0 Å². The van der Waals surface area contributed by atoms with Gasteiger partial charge >= 0.3 is 6.09 Å². The molecule has 0 heterocycles. The van der Waals surface area contributed by atoms with Crippen molar-refractivity contribution in [1.29, 1.82) is 0 Å². The molecule has 0 aromatic heterocycles. The Morgan fingerprint density at radius 2 is 1.72 bits per heavy atom. The average molecular weight is 257 g/mol. The maximum Gasteiger partial charge on any atom is 0.410 e. The lowest BCUT2D eigenvalue weighted by Gasteiger charge is -2.32. The molecule has 1 amide bonds. The van der Waals surface area contributed by atoms with E-state index in [2.05, 4.69) is 5.32 Å². The quantitative estimate of drug-likeness (QED) is 0.479. The Balaban J connectivity index is 2.66. The van der Waals surface area contributed by atoms with Crippen LogP contribution in [0.5, 0.6) is 0 Å². The second kappa shape index (κ2) is 6.07. The minimum Gasteiger partial charge on any atom is -0.444 e. The number of alkyl carbamates (subject to hydrolysis) is 1. The topological polar surface area (TPSA) is 64.6 Å². The second-order valence-corrected chi connectivity index (χ2v) is 5.75. The molecule has 1 rings (SSSR count). The number of nitrogens with one attached hydrogen (secondary N) is 1. The van der Waals surface area contributed by atoms with Crippen molar-refractivity contribution < 1.29 is 19.1 Å². The van der Waals surface area contributed by atoms with Crippen LogP contribution in [0.25, 0.3) is 0 Å². The fraction of sp³-hybridized carbons (Fsp3) is 0.846. The van der Waals surface area contributed by atoms with Gasteiger partial charge in [0.15, 0.2) is 5.72 Å². The zero-order valence-corrected chi connectivity index (χ0v) is 11.5. The molecule has 0 unspecified atom stereocenters. The number of rotatable bonds is 3. The number of ether oxygens (including phenoxy) is 2. The maximum absolute atomic E-state index is 11.8. The van der Waals surface area contributed by atoms with Gasteiger partial charge in [0.2, 0.25) is 0 Å². The van der Waals surface area contributed by atoms with Crippen LogP contribution in [0, 0.1) is 0 Å².